The van der Waals surface area contributed by atoms with E-state index >= 15 is 0 Å². The Morgan fingerprint density at radius 2 is 1.72 bits per heavy atom. The molecule has 0 aliphatic rings. The van der Waals surface area contributed by atoms with Crippen molar-refractivity contribution in [1.29, 1.82) is 0 Å². The van der Waals surface area contributed by atoms with Crippen molar-refractivity contribution in [3.63, 3.8) is 0 Å². The zero-order valence-electron chi connectivity index (χ0n) is 14.9. The number of rotatable bonds is 3. The second kappa shape index (κ2) is 5.96. The van der Waals surface area contributed by atoms with Gasteiger partial charge in [-0.25, -0.2) is 4.98 Å². The third kappa shape index (κ3) is 2.58. The van der Waals surface area contributed by atoms with Gasteiger partial charge in [-0.3, -0.25) is 4.98 Å². The first-order valence-corrected chi connectivity index (χ1v) is 8.70. The minimum absolute atomic E-state index is 0.255. The quantitative estimate of drug-likeness (QED) is 0.484. The van der Waals surface area contributed by atoms with Gasteiger partial charge in [0.25, 0.3) is 0 Å². The highest BCUT2D eigenvalue weighted by Gasteiger charge is 2.20. The molecule has 3 aromatic heterocycles. The monoisotopic (exact) mass is 331 g/mol. The summed E-state index contributed by atoms with van der Waals surface area (Å²) in [4.78, 5) is 14.0. The van der Waals surface area contributed by atoms with Crippen molar-refractivity contribution in [2.24, 2.45) is 0 Å². The van der Waals surface area contributed by atoms with Crippen LogP contribution in [0.25, 0.3) is 33.3 Å². The maximum absolute atomic E-state index is 6.23. The van der Waals surface area contributed by atoms with Crippen LogP contribution in [0.1, 0.15) is 51.0 Å². The third-order valence-electron chi connectivity index (χ3n) is 4.41. The van der Waals surface area contributed by atoms with E-state index in [1.807, 2.05) is 30.3 Å². The van der Waals surface area contributed by atoms with E-state index in [4.69, 9.17) is 14.4 Å². The van der Waals surface area contributed by atoms with Crippen LogP contribution in [0.15, 0.2) is 47.0 Å². The molecule has 0 bridgehead atoms. The van der Waals surface area contributed by atoms with E-state index in [1.54, 1.807) is 6.20 Å². The van der Waals surface area contributed by atoms with Gasteiger partial charge < -0.3 is 4.42 Å². The molecule has 0 aliphatic heterocycles. The van der Waals surface area contributed by atoms with Crippen LogP contribution in [0, 0.1) is 0 Å². The maximum atomic E-state index is 6.23. The molecule has 1 aromatic carbocycles. The molecule has 0 unspecified atom stereocenters. The predicted molar refractivity (Wildman–Crippen MR) is 101 cm³/mol. The fourth-order valence-electron chi connectivity index (χ4n) is 3.14. The molecule has 0 atom stereocenters. The molecule has 3 heterocycles. The Hall–Kier alpha value is -2.75. The summed E-state index contributed by atoms with van der Waals surface area (Å²) in [5.41, 5.74) is 4.42. The lowest BCUT2D eigenvalue weighted by Gasteiger charge is -2.10. The van der Waals surface area contributed by atoms with Gasteiger partial charge in [0.15, 0.2) is 0 Å². The van der Waals surface area contributed by atoms with Gasteiger partial charge in [-0.05, 0) is 24.1 Å². The van der Waals surface area contributed by atoms with Crippen molar-refractivity contribution in [3.05, 3.63) is 54.1 Å². The highest BCUT2D eigenvalue weighted by atomic mass is 16.3. The standard InChI is InChI=1S/C21H21N3O/c1-12(2)18-17-15-9-7-8-14(16-10-5-6-11-22-16)19(15)25-21(17)24-20(23-18)13(3)4/h5-13H,1-4H3. The van der Waals surface area contributed by atoms with Crippen LogP contribution in [0.4, 0.5) is 0 Å². The van der Waals surface area contributed by atoms with Gasteiger partial charge in [-0.2, -0.15) is 4.98 Å². The van der Waals surface area contributed by atoms with Crippen LogP contribution in [0.3, 0.4) is 0 Å². The molecule has 0 aliphatic carbocycles. The smallest absolute Gasteiger partial charge is 0.230 e. The topological polar surface area (TPSA) is 51.8 Å². The largest absolute Gasteiger partial charge is 0.437 e. The Morgan fingerprint density at radius 1 is 0.880 bits per heavy atom. The molecule has 0 radical (unpaired) electrons. The van der Waals surface area contributed by atoms with Gasteiger partial charge in [0.2, 0.25) is 5.71 Å². The zero-order chi connectivity index (χ0) is 17.6. The number of nitrogens with zero attached hydrogens (tertiary/aromatic N) is 3. The highest BCUT2D eigenvalue weighted by molar-refractivity contribution is 6.09. The van der Waals surface area contributed by atoms with Gasteiger partial charge >= 0.3 is 0 Å². The highest BCUT2D eigenvalue weighted by Crippen LogP contribution is 2.37. The average molecular weight is 331 g/mol. The van der Waals surface area contributed by atoms with Crippen molar-refractivity contribution in [1.82, 2.24) is 15.0 Å². The number of hydrogen-bond donors (Lipinski definition) is 0. The van der Waals surface area contributed by atoms with Crippen LogP contribution in [-0.2, 0) is 0 Å². The first-order valence-electron chi connectivity index (χ1n) is 8.70. The van der Waals surface area contributed by atoms with E-state index in [-0.39, 0.29) is 5.92 Å². The van der Waals surface area contributed by atoms with Gasteiger partial charge in [0.1, 0.15) is 11.4 Å². The molecule has 0 amide bonds. The summed E-state index contributed by atoms with van der Waals surface area (Å²) >= 11 is 0. The summed E-state index contributed by atoms with van der Waals surface area (Å²) in [6, 6.07) is 12.1. The Labute approximate surface area is 146 Å². The molecule has 0 saturated carbocycles. The first kappa shape index (κ1) is 15.8. The number of pyridine rings is 1. The maximum Gasteiger partial charge on any atom is 0.230 e. The molecular weight excluding hydrogens is 310 g/mol. The summed E-state index contributed by atoms with van der Waals surface area (Å²) in [7, 11) is 0. The van der Waals surface area contributed by atoms with E-state index in [9.17, 15) is 0 Å². The summed E-state index contributed by atoms with van der Waals surface area (Å²) in [6.07, 6.45) is 1.80. The van der Waals surface area contributed by atoms with Gasteiger partial charge in [-0.15, -0.1) is 0 Å². The fourth-order valence-corrected chi connectivity index (χ4v) is 3.14. The second-order valence-electron chi connectivity index (χ2n) is 6.96. The van der Waals surface area contributed by atoms with E-state index in [1.165, 1.54) is 0 Å². The molecular formula is C21H21N3O. The molecule has 0 saturated heterocycles. The Bertz CT molecular complexity index is 1050. The van der Waals surface area contributed by atoms with Gasteiger partial charge in [0, 0.05) is 23.1 Å². The minimum atomic E-state index is 0.255. The summed E-state index contributed by atoms with van der Waals surface area (Å²) in [6.45, 7) is 8.53. The number of furan rings is 1. The minimum Gasteiger partial charge on any atom is -0.437 e. The van der Waals surface area contributed by atoms with E-state index < -0.39 is 0 Å². The van der Waals surface area contributed by atoms with Crippen LogP contribution >= 0.6 is 0 Å². The summed E-state index contributed by atoms with van der Waals surface area (Å²) in [5.74, 6) is 1.38. The molecule has 4 rings (SSSR count). The predicted octanol–water partition coefficient (Wildman–Crippen LogP) is 5.68. The SMILES string of the molecule is CC(C)c1nc(C(C)C)c2c(n1)oc1c(-c3ccccn3)cccc12. The van der Waals surface area contributed by atoms with Gasteiger partial charge in [-0.1, -0.05) is 45.9 Å². The molecule has 0 spiro atoms. The number of fused-ring (bicyclic) bond motifs is 3. The number of para-hydroxylation sites is 1. The molecule has 4 nitrogen and oxygen atoms in total. The van der Waals surface area contributed by atoms with Crippen molar-refractivity contribution in [2.45, 2.75) is 39.5 Å². The number of benzene rings is 1. The Kier molecular flexibility index (Phi) is 3.75. The first-order chi connectivity index (χ1) is 12.1. The third-order valence-corrected chi connectivity index (χ3v) is 4.41. The fraction of sp³-hybridized carbons (Fsp3) is 0.286. The van der Waals surface area contributed by atoms with Gasteiger partial charge in [0.05, 0.1) is 16.8 Å². The van der Waals surface area contributed by atoms with Crippen LogP contribution in [-0.4, -0.2) is 15.0 Å². The average Bonchev–Trinajstić information content (AvgIpc) is 3.00. The van der Waals surface area contributed by atoms with Crippen LogP contribution in [0.2, 0.25) is 0 Å². The number of aromatic nitrogens is 3. The molecule has 126 valence electrons. The number of hydrogen-bond acceptors (Lipinski definition) is 4. The van der Waals surface area contributed by atoms with Crippen molar-refractivity contribution in [2.75, 3.05) is 0 Å². The molecule has 25 heavy (non-hydrogen) atoms. The Morgan fingerprint density at radius 3 is 2.40 bits per heavy atom. The van der Waals surface area contributed by atoms with Crippen molar-refractivity contribution < 1.29 is 4.42 Å². The van der Waals surface area contributed by atoms with Crippen molar-refractivity contribution in [3.8, 4) is 11.3 Å². The lowest BCUT2D eigenvalue weighted by Crippen LogP contribution is -2.03. The normalized spacial score (nSPS) is 11.9. The lowest BCUT2D eigenvalue weighted by atomic mass is 10.0. The van der Waals surface area contributed by atoms with E-state index in [0.717, 1.165) is 39.1 Å². The second-order valence-corrected chi connectivity index (χ2v) is 6.96. The van der Waals surface area contributed by atoms with E-state index in [2.05, 4.69) is 38.7 Å². The zero-order valence-corrected chi connectivity index (χ0v) is 14.9. The van der Waals surface area contributed by atoms with Crippen LogP contribution < -0.4 is 0 Å². The lowest BCUT2D eigenvalue weighted by molar-refractivity contribution is 0.638. The molecule has 0 N–H and O–H groups in total. The van der Waals surface area contributed by atoms with Crippen LogP contribution in [0.5, 0.6) is 0 Å². The Balaban J connectivity index is 2.10. The molecule has 4 aromatic rings. The van der Waals surface area contributed by atoms with E-state index in [0.29, 0.717) is 11.6 Å². The summed E-state index contributed by atoms with van der Waals surface area (Å²) < 4.78 is 6.23. The molecule has 4 heteroatoms. The summed E-state index contributed by atoms with van der Waals surface area (Å²) in [5, 5.41) is 2.07. The van der Waals surface area contributed by atoms with Crippen molar-refractivity contribution >= 4 is 22.1 Å². The molecule has 0 fully saturated rings.